The molecule has 0 aromatic heterocycles. The fraction of sp³-hybridized carbons (Fsp3) is 0.273. The van der Waals surface area contributed by atoms with Gasteiger partial charge in [-0.3, -0.25) is 0 Å². The lowest BCUT2D eigenvalue weighted by atomic mass is 10.3. The van der Waals surface area contributed by atoms with Crippen LogP contribution < -0.4 is 4.74 Å². The van der Waals surface area contributed by atoms with E-state index in [0.29, 0.717) is 0 Å². The van der Waals surface area contributed by atoms with E-state index in [1.54, 1.807) is 6.08 Å². The minimum atomic E-state index is -4.32. The highest BCUT2D eigenvalue weighted by atomic mass is 35.7. The molecule has 0 N–H and O–H groups in total. The van der Waals surface area contributed by atoms with Crippen molar-refractivity contribution in [2.24, 2.45) is 0 Å². The molecule has 0 amide bonds. The summed E-state index contributed by atoms with van der Waals surface area (Å²) in [6, 6.07) is 1.88. The van der Waals surface area contributed by atoms with Crippen molar-refractivity contribution in [3.63, 3.8) is 0 Å². The van der Waals surface area contributed by atoms with Crippen molar-refractivity contribution in [2.75, 3.05) is 6.61 Å². The monoisotopic (exact) mass is 296 g/mol. The van der Waals surface area contributed by atoms with Crippen LogP contribution in [0.2, 0.25) is 0 Å². The van der Waals surface area contributed by atoms with Gasteiger partial charge < -0.3 is 4.74 Å². The van der Waals surface area contributed by atoms with Crippen molar-refractivity contribution in [3.8, 4) is 5.75 Å². The molecule has 0 aliphatic heterocycles. The van der Waals surface area contributed by atoms with Gasteiger partial charge in [-0.1, -0.05) is 5.57 Å². The second kappa shape index (κ2) is 5.67. The van der Waals surface area contributed by atoms with E-state index in [9.17, 15) is 17.2 Å². The summed E-state index contributed by atoms with van der Waals surface area (Å²) in [5.41, 5.74) is 0.954. The summed E-state index contributed by atoms with van der Waals surface area (Å²) in [5, 5.41) is 0. The van der Waals surface area contributed by atoms with Gasteiger partial charge >= 0.3 is 0 Å². The van der Waals surface area contributed by atoms with Crippen LogP contribution in [0.1, 0.15) is 13.8 Å². The number of rotatable bonds is 4. The molecule has 18 heavy (non-hydrogen) atoms. The molecule has 1 aromatic carbocycles. The fourth-order valence-corrected chi connectivity index (χ4v) is 2.00. The highest BCUT2D eigenvalue weighted by molar-refractivity contribution is 8.13. The van der Waals surface area contributed by atoms with E-state index >= 15 is 0 Å². The van der Waals surface area contributed by atoms with Crippen LogP contribution in [0.15, 0.2) is 28.7 Å². The molecule has 1 aromatic rings. The first-order valence-electron chi connectivity index (χ1n) is 4.92. The Morgan fingerprint density at radius 2 is 1.94 bits per heavy atom. The van der Waals surface area contributed by atoms with Gasteiger partial charge in [-0.2, -0.15) is 4.39 Å². The Bertz CT molecular complexity index is 578. The van der Waals surface area contributed by atoms with E-state index in [0.717, 1.165) is 17.7 Å². The molecule has 0 bridgehead atoms. The summed E-state index contributed by atoms with van der Waals surface area (Å²) >= 11 is 0. The predicted octanol–water partition coefficient (Wildman–Crippen LogP) is 3.24. The normalized spacial score (nSPS) is 11.2. The van der Waals surface area contributed by atoms with Crippen molar-refractivity contribution >= 4 is 19.7 Å². The van der Waals surface area contributed by atoms with Gasteiger partial charge in [-0.25, -0.2) is 12.8 Å². The summed E-state index contributed by atoms with van der Waals surface area (Å²) in [6.07, 6.45) is 1.67. The lowest BCUT2D eigenvalue weighted by Gasteiger charge is -2.07. The first-order chi connectivity index (χ1) is 8.23. The number of halogens is 3. The number of ether oxygens (including phenoxy) is 1. The molecular weight excluding hydrogens is 286 g/mol. The van der Waals surface area contributed by atoms with E-state index in [2.05, 4.69) is 0 Å². The van der Waals surface area contributed by atoms with E-state index < -0.39 is 25.6 Å². The Hall–Kier alpha value is -1.14. The maximum Gasteiger partial charge on any atom is 0.264 e. The van der Waals surface area contributed by atoms with Gasteiger partial charge in [-0.15, -0.1) is 0 Å². The number of benzene rings is 1. The minimum absolute atomic E-state index is 0.0612. The molecule has 0 unspecified atom stereocenters. The first-order valence-corrected chi connectivity index (χ1v) is 7.23. The van der Waals surface area contributed by atoms with Crippen LogP contribution in [0, 0.1) is 11.6 Å². The molecule has 1 rings (SSSR count). The van der Waals surface area contributed by atoms with Gasteiger partial charge in [-0.05, 0) is 32.1 Å². The van der Waals surface area contributed by atoms with Gasteiger partial charge in [0, 0.05) is 10.7 Å². The van der Waals surface area contributed by atoms with Crippen LogP contribution in [-0.4, -0.2) is 15.0 Å². The lowest BCUT2D eigenvalue weighted by molar-refractivity contribution is 0.329. The van der Waals surface area contributed by atoms with Crippen molar-refractivity contribution in [1.82, 2.24) is 0 Å². The Kier molecular flexibility index (Phi) is 4.70. The van der Waals surface area contributed by atoms with E-state index in [1.807, 2.05) is 13.8 Å². The molecule has 0 aliphatic carbocycles. The molecule has 0 saturated carbocycles. The second-order valence-electron chi connectivity index (χ2n) is 3.72. The molecule has 100 valence electrons. The Labute approximate surface area is 108 Å². The highest BCUT2D eigenvalue weighted by Crippen LogP contribution is 2.27. The SMILES string of the molecule is CC(C)=CCOc1ccc(S(=O)(=O)Cl)c(F)c1F. The molecule has 0 atom stereocenters. The molecule has 0 spiro atoms. The zero-order chi connectivity index (χ0) is 13.9. The van der Waals surface area contributed by atoms with Gasteiger partial charge in [0.2, 0.25) is 5.82 Å². The lowest BCUT2D eigenvalue weighted by Crippen LogP contribution is -2.03. The van der Waals surface area contributed by atoms with E-state index in [-0.39, 0.29) is 12.4 Å². The van der Waals surface area contributed by atoms with E-state index in [4.69, 9.17) is 15.4 Å². The maximum atomic E-state index is 13.5. The average molecular weight is 297 g/mol. The van der Waals surface area contributed by atoms with Gasteiger partial charge in [0.05, 0.1) is 0 Å². The fourth-order valence-electron chi connectivity index (χ4n) is 1.11. The molecule has 0 radical (unpaired) electrons. The van der Waals surface area contributed by atoms with Gasteiger partial charge in [0.1, 0.15) is 11.5 Å². The molecule has 0 heterocycles. The van der Waals surface area contributed by atoms with Crippen LogP contribution in [0.25, 0.3) is 0 Å². The third-order valence-corrected chi connectivity index (χ3v) is 3.34. The molecule has 7 heteroatoms. The number of hydrogen-bond acceptors (Lipinski definition) is 3. The standard InChI is InChI=1S/C11H11ClF2O3S/c1-7(2)5-6-17-8-3-4-9(18(12,15)16)11(14)10(8)13/h3-5H,6H2,1-2H3. The summed E-state index contributed by atoms with van der Waals surface area (Å²) in [4.78, 5) is -0.906. The first kappa shape index (κ1) is 14.9. The average Bonchev–Trinajstić information content (AvgIpc) is 2.22. The van der Waals surface area contributed by atoms with E-state index in [1.165, 1.54) is 0 Å². The van der Waals surface area contributed by atoms with Crippen LogP contribution >= 0.6 is 10.7 Å². The summed E-state index contributed by atoms with van der Waals surface area (Å²) in [5.74, 6) is -3.28. The minimum Gasteiger partial charge on any atom is -0.486 e. The number of allylic oxidation sites excluding steroid dienone is 1. The van der Waals surface area contributed by atoms with Crippen LogP contribution in [0.3, 0.4) is 0 Å². The Morgan fingerprint density at radius 3 is 2.44 bits per heavy atom. The molecule has 0 saturated heterocycles. The summed E-state index contributed by atoms with van der Waals surface area (Å²) < 4.78 is 53.7. The Balaban J connectivity index is 3.06. The summed E-state index contributed by atoms with van der Waals surface area (Å²) in [7, 11) is 0.632. The number of hydrogen-bond donors (Lipinski definition) is 0. The zero-order valence-corrected chi connectivity index (χ0v) is 11.3. The topological polar surface area (TPSA) is 43.4 Å². The predicted molar refractivity (Wildman–Crippen MR) is 64.3 cm³/mol. The van der Waals surface area contributed by atoms with Crippen LogP contribution in [0.5, 0.6) is 5.75 Å². The van der Waals surface area contributed by atoms with Crippen molar-refractivity contribution < 1.29 is 21.9 Å². The Morgan fingerprint density at radius 1 is 1.33 bits per heavy atom. The third kappa shape index (κ3) is 3.68. The second-order valence-corrected chi connectivity index (χ2v) is 6.25. The molecule has 0 aliphatic rings. The van der Waals surface area contributed by atoms with Gasteiger partial charge in [0.25, 0.3) is 9.05 Å². The van der Waals surface area contributed by atoms with Crippen LogP contribution in [-0.2, 0) is 9.05 Å². The highest BCUT2D eigenvalue weighted by Gasteiger charge is 2.22. The molecule has 0 fully saturated rings. The summed E-state index contributed by atoms with van der Waals surface area (Å²) in [6.45, 7) is 3.71. The zero-order valence-electron chi connectivity index (χ0n) is 9.71. The van der Waals surface area contributed by atoms with Crippen LogP contribution in [0.4, 0.5) is 8.78 Å². The maximum absolute atomic E-state index is 13.5. The smallest absolute Gasteiger partial charge is 0.264 e. The molecular formula is C11H11ClF2O3S. The quantitative estimate of drug-likeness (QED) is 0.633. The molecule has 3 nitrogen and oxygen atoms in total. The van der Waals surface area contributed by atoms with Crippen molar-refractivity contribution in [2.45, 2.75) is 18.7 Å². The van der Waals surface area contributed by atoms with Gasteiger partial charge in [0.15, 0.2) is 11.6 Å². The third-order valence-electron chi connectivity index (χ3n) is 2.00. The van der Waals surface area contributed by atoms with Crippen molar-refractivity contribution in [3.05, 3.63) is 35.4 Å². The van der Waals surface area contributed by atoms with Crippen molar-refractivity contribution in [1.29, 1.82) is 0 Å². The largest absolute Gasteiger partial charge is 0.486 e.